The molecule has 7 heteroatoms. The maximum atomic E-state index is 12.1. The third-order valence-corrected chi connectivity index (χ3v) is 5.09. The number of nitro groups is 1. The van der Waals surface area contributed by atoms with Gasteiger partial charge >= 0.3 is 5.97 Å². The number of hydrogen-bond acceptors (Lipinski definition) is 5. The molecule has 0 fully saturated rings. The highest BCUT2D eigenvalue weighted by molar-refractivity contribution is 5.89. The zero-order chi connectivity index (χ0) is 21.5. The summed E-state index contributed by atoms with van der Waals surface area (Å²) in [4.78, 5) is 34.2. The lowest BCUT2D eigenvalue weighted by Crippen LogP contribution is -2.31. The third-order valence-electron chi connectivity index (χ3n) is 5.09. The molecular formula is C23H24N2O5. The zero-order valence-corrected chi connectivity index (χ0v) is 16.8. The van der Waals surface area contributed by atoms with Gasteiger partial charge in [0.15, 0.2) is 6.61 Å². The second-order valence-corrected chi connectivity index (χ2v) is 7.32. The van der Waals surface area contributed by atoms with Crippen molar-refractivity contribution in [2.24, 2.45) is 0 Å². The van der Waals surface area contributed by atoms with Gasteiger partial charge in [0.05, 0.1) is 11.0 Å². The predicted molar refractivity (Wildman–Crippen MR) is 113 cm³/mol. The SMILES string of the molecule is C[C@@H](NC(=O)COC(=O)/C=C/c1cccc([N+](=O)[O-])c1)c1ccc2c(c1)CCCC2. The summed E-state index contributed by atoms with van der Waals surface area (Å²) >= 11 is 0. The van der Waals surface area contributed by atoms with Crippen LogP contribution in [0.25, 0.3) is 6.08 Å². The van der Waals surface area contributed by atoms with E-state index < -0.39 is 23.4 Å². The number of fused-ring (bicyclic) bond motifs is 1. The quantitative estimate of drug-likeness (QED) is 0.324. The molecule has 0 spiro atoms. The minimum Gasteiger partial charge on any atom is -0.452 e. The van der Waals surface area contributed by atoms with Gasteiger partial charge < -0.3 is 10.1 Å². The second kappa shape index (κ2) is 9.82. The van der Waals surface area contributed by atoms with Crippen molar-refractivity contribution in [2.75, 3.05) is 6.61 Å². The Kier molecular flexibility index (Phi) is 6.95. The lowest BCUT2D eigenvalue weighted by molar-refractivity contribution is -0.384. The number of esters is 1. The second-order valence-electron chi connectivity index (χ2n) is 7.32. The Morgan fingerprint density at radius 3 is 2.70 bits per heavy atom. The summed E-state index contributed by atoms with van der Waals surface area (Å²) in [6.07, 6.45) is 7.13. The van der Waals surface area contributed by atoms with Crippen LogP contribution in [0.5, 0.6) is 0 Å². The molecule has 1 N–H and O–H groups in total. The summed E-state index contributed by atoms with van der Waals surface area (Å²) in [7, 11) is 0. The summed E-state index contributed by atoms with van der Waals surface area (Å²) in [5.74, 6) is -1.09. The van der Waals surface area contributed by atoms with Crippen molar-refractivity contribution in [2.45, 2.75) is 38.6 Å². The molecule has 2 aromatic rings. The van der Waals surface area contributed by atoms with Crippen LogP contribution in [0.2, 0.25) is 0 Å². The average molecular weight is 408 g/mol. The molecule has 1 amide bonds. The number of aryl methyl sites for hydroxylation is 2. The smallest absolute Gasteiger partial charge is 0.331 e. The number of ether oxygens (including phenoxy) is 1. The lowest BCUT2D eigenvalue weighted by atomic mass is 9.89. The molecule has 0 saturated carbocycles. The first-order valence-corrected chi connectivity index (χ1v) is 9.93. The van der Waals surface area contributed by atoms with E-state index in [9.17, 15) is 19.7 Å². The average Bonchev–Trinajstić information content (AvgIpc) is 2.76. The monoisotopic (exact) mass is 408 g/mol. The minimum atomic E-state index is -0.696. The first kappa shape index (κ1) is 21.2. The van der Waals surface area contributed by atoms with Gasteiger partial charge in [0.25, 0.3) is 11.6 Å². The van der Waals surface area contributed by atoms with E-state index in [0.29, 0.717) is 5.56 Å². The molecule has 0 heterocycles. The van der Waals surface area contributed by atoms with Crippen LogP contribution in [0.4, 0.5) is 5.69 Å². The van der Waals surface area contributed by atoms with E-state index in [1.807, 2.05) is 13.0 Å². The van der Waals surface area contributed by atoms with Crippen molar-refractivity contribution in [3.8, 4) is 0 Å². The normalized spacial score (nSPS) is 14.0. The fraction of sp³-hybridized carbons (Fsp3) is 0.304. The van der Waals surface area contributed by atoms with Crippen molar-refractivity contribution < 1.29 is 19.2 Å². The molecule has 0 unspecified atom stereocenters. The molecule has 1 aliphatic rings. The summed E-state index contributed by atoms with van der Waals surface area (Å²) in [5.41, 5.74) is 4.18. The highest BCUT2D eigenvalue weighted by atomic mass is 16.6. The molecule has 1 atom stereocenters. The fourth-order valence-electron chi connectivity index (χ4n) is 3.48. The molecule has 0 aromatic heterocycles. The number of amides is 1. The lowest BCUT2D eigenvalue weighted by Gasteiger charge is -2.20. The topological polar surface area (TPSA) is 98.5 Å². The van der Waals surface area contributed by atoms with Crippen LogP contribution in [0.1, 0.15) is 48.1 Å². The Hall–Kier alpha value is -3.48. The first-order valence-electron chi connectivity index (χ1n) is 9.93. The van der Waals surface area contributed by atoms with Crippen molar-refractivity contribution in [1.82, 2.24) is 5.32 Å². The molecule has 0 saturated heterocycles. The van der Waals surface area contributed by atoms with Gasteiger partial charge in [-0.3, -0.25) is 14.9 Å². The Labute approximate surface area is 174 Å². The van der Waals surface area contributed by atoms with E-state index in [1.165, 1.54) is 48.2 Å². The molecule has 1 aliphatic carbocycles. The van der Waals surface area contributed by atoms with Crippen LogP contribution >= 0.6 is 0 Å². The highest BCUT2D eigenvalue weighted by Gasteiger charge is 2.15. The van der Waals surface area contributed by atoms with E-state index in [1.54, 1.807) is 6.07 Å². The van der Waals surface area contributed by atoms with E-state index in [4.69, 9.17) is 4.74 Å². The molecule has 30 heavy (non-hydrogen) atoms. The first-order chi connectivity index (χ1) is 14.4. The number of nitrogens with one attached hydrogen (secondary N) is 1. The van der Waals surface area contributed by atoms with Crippen LogP contribution < -0.4 is 5.32 Å². The minimum absolute atomic E-state index is 0.0685. The fourth-order valence-corrected chi connectivity index (χ4v) is 3.48. The number of nitro benzene ring substituents is 1. The zero-order valence-electron chi connectivity index (χ0n) is 16.8. The summed E-state index contributed by atoms with van der Waals surface area (Å²) in [6.45, 7) is 1.50. The molecule has 0 aliphatic heterocycles. The number of rotatable bonds is 7. The van der Waals surface area contributed by atoms with Gasteiger partial charge in [0, 0.05) is 18.2 Å². The van der Waals surface area contributed by atoms with Gasteiger partial charge in [0.1, 0.15) is 0 Å². The van der Waals surface area contributed by atoms with Crippen molar-refractivity contribution in [1.29, 1.82) is 0 Å². The van der Waals surface area contributed by atoms with Crippen molar-refractivity contribution in [3.63, 3.8) is 0 Å². The van der Waals surface area contributed by atoms with Gasteiger partial charge in [-0.2, -0.15) is 0 Å². The van der Waals surface area contributed by atoms with Gasteiger partial charge in [-0.1, -0.05) is 30.3 Å². The van der Waals surface area contributed by atoms with Gasteiger partial charge in [-0.25, -0.2) is 4.79 Å². The largest absolute Gasteiger partial charge is 0.452 e. The van der Waals surface area contributed by atoms with E-state index in [2.05, 4.69) is 17.4 Å². The van der Waals surface area contributed by atoms with Crippen LogP contribution in [0.15, 0.2) is 48.5 Å². The van der Waals surface area contributed by atoms with Gasteiger partial charge in [-0.05, 0) is 60.9 Å². The molecule has 156 valence electrons. The molecule has 0 bridgehead atoms. The number of non-ortho nitro benzene ring substituents is 1. The van der Waals surface area contributed by atoms with E-state index >= 15 is 0 Å². The molecule has 7 nitrogen and oxygen atoms in total. The van der Waals surface area contributed by atoms with Crippen LogP contribution in [0.3, 0.4) is 0 Å². The molecule has 0 radical (unpaired) electrons. The summed E-state index contributed by atoms with van der Waals surface area (Å²) in [5, 5.41) is 13.6. The molecule has 3 rings (SSSR count). The van der Waals surface area contributed by atoms with E-state index in [-0.39, 0.29) is 11.7 Å². The number of carbonyl (C=O) groups is 2. The molecule has 2 aromatic carbocycles. The Bertz CT molecular complexity index is 983. The third kappa shape index (κ3) is 5.76. The number of nitrogens with zero attached hydrogens (tertiary/aromatic N) is 1. The van der Waals surface area contributed by atoms with E-state index in [0.717, 1.165) is 24.5 Å². The van der Waals surface area contributed by atoms with Crippen molar-refractivity contribution in [3.05, 3.63) is 80.9 Å². The van der Waals surface area contributed by atoms with Crippen LogP contribution in [-0.4, -0.2) is 23.4 Å². The van der Waals surface area contributed by atoms with Crippen molar-refractivity contribution >= 4 is 23.6 Å². The number of hydrogen-bond donors (Lipinski definition) is 1. The summed E-state index contributed by atoms with van der Waals surface area (Å²) < 4.78 is 4.96. The predicted octanol–water partition coefficient (Wildman–Crippen LogP) is 3.91. The Morgan fingerprint density at radius 1 is 1.17 bits per heavy atom. The van der Waals surface area contributed by atoms with Crippen LogP contribution in [-0.2, 0) is 27.2 Å². The number of benzene rings is 2. The summed E-state index contributed by atoms with van der Waals surface area (Å²) in [6, 6.07) is 12.0. The van der Waals surface area contributed by atoms with Crippen LogP contribution in [0, 0.1) is 10.1 Å². The Balaban J connectivity index is 1.48. The molecular weight excluding hydrogens is 384 g/mol. The Morgan fingerprint density at radius 2 is 1.93 bits per heavy atom. The number of carbonyl (C=O) groups excluding carboxylic acids is 2. The van der Waals surface area contributed by atoms with Gasteiger partial charge in [-0.15, -0.1) is 0 Å². The standard InChI is InChI=1S/C23H24N2O5/c1-16(19-11-10-18-6-2-3-7-20(18)14-19)24-22(26)15-30-23(27)12-9-17-5-4-8-21(13-17)25(28)29/h4-5,8-14,16H,2-3,6-7,15H2,1H3,(H,24,26)/b12-9+/t16-/m1/s1. The van der Waals surface area contributed by atoms with Gasteiger partial charge in [0.2, 0.25) is 0 Å². The maximum Gasteiger partial charge on any atom is 0.331 e. The highest BCUT2D eigenvalue weighted by Crippen LogP contribution is 2.24. The maximum absolute atomic E-state index is 12.1.